The average molecular weight is 279 g/mol. The van der Waals surface area contributed by atoms with Crippen LogP contribution in [0, 0.1) is 5.82 Å². The lowest BCUT2D eigenvalue weighted by Crippen LogP contribution is -2.29. The van der Waals surface area contributed by atoms with E-state index in [4.69, 9.17) is 17.4 Å². The third-order valence-electron chi connectivity index (χ3n) is 3.15. The van der Waals surface area contributed by atoms with Crippen molar-refractivity contribution in [3.05, 3.63) is 70.0 Å². The van der Waals surface area contributed by atoms with Crippen molar-refractivity contribution in [3.63, 3.8) is 0 Å². The maximum absolute atomic E-state index is 13.5. The number of hydrogen-bond donors (Lipinski definition) is 2. The molecule has 2 aromatic carbocycles. The first-order chi connectivity index (χ1) is 9.17. The summed E-state index contributed by atoms with van der Waals surface area (Å²) in [6, 6.07) is 12.4. The highest BCUT2D eigenvalue weighted by Gasteiger charge is 2.17. The van der Waals surface area contributed by atoms with Gasteiger partial charge in [-0.2, -0.15) is 0 Å². The van der Waals surface area contributed by atoms with Crippen LogP contribution < -0.4 is 11.3 Å². The van der Waals surface area contributed by atoms with E-state index in [1.807, 2.05) is 24.3 Å². The zero-order valence-corrected chi connectivity index (χ0v) is 11.4. The van der Waals surface area contributed by atoms with Crippen LogP contribution in [0.1, 0.15) is 29.7 Å². The molecular weight excluding hydrogens is 263 g/mol. The molecule has 4 heteroatoms. The lowest BCUT2D eigenvalue weighted by Gasteiger charge is -2.19. The Kier molecular flexibility index (Phi) is 4.53. The van der Waals surface area contributed by atoms with Crippen LogP contribution in [0.3, 0.4) is 0 Å². The molecule has 0 heterocycles. The lowest BCUT2D eigenvalue weighted by molar-refractivity contribution is 0.605. The molecule has 0 radical (unpaired) electrons. The number of nitrogens with two attached hydrogens (primary N) is 1. The van der Waals surface area contributed by atoms with E-state index < -0.39 is 5.82 Å². The van der Waals surface area contributed by atoms with E-state index in [9.17, 15) is 4.39 Å². The second-order valence-corrected chi connectivity index (χ2v) is 4.72. The van der Waals surface area contributed by atoms with E-state index >= 15 is 0 Å². The van der Waals surface area contributed by atoms with Crippen LogP contribution >= 0.6 is 11.6 Å². The molecule has 19 heavy (non-hydrogen) atoms. The fourth-order valence-corrected chi connectivity index (χ4v) is 2.34. The Morgan fingerprint density at radius 1 is 1.26 bits per heavy atom. The van der Waals surface area contributed by atoms with Gasteiger partial charge in [-0.25, -0.2) is 9.82 Å². The summed E-state index contributed by atoms with van der Waals surface area (Å²) in [6.07, 6.45) is 0.933. The number of aryl methyl sites for hydroxylation is 1. The summed E-state index contributed by atoms with van der Waals surface area (Å²) in [5.74, 6) is 5.18. The van der Waals surface area contributed by atoms with Crippen LogP contribution in [0.2, 0.25) is 5.02 Å². The summed E-state index contributed by atoms with van der Waals surface area (Å²) in [6.45, 7) is 2.08. The van der Waals surface area contributed by atoms with E-state index in [0.717, 1.165) is 12.0 Å². The van der Waals surface area contributed by atoms with Gasteiger partial charge in [0.15, 0.2) is 0 Å². The maximum Gasteiger partial charge on any atom is 0.142 e. The van der Waals surface area contributed by atoms with Crippen LogP contribution in [0.25, 0.3) is 0 Å². The molecule has 3 N–H and O–H groups in total. The van der Waals surface area contributed by atoms with Crippen molar-refractivity contribution >= 4 is 11.6 Å². The number of rotatable bonds is 4. The van der Waals surface area contributed by atoms with Crippen LogP contribution in [-0.2, 0) is 6.42 Å². The predicted molar refractivity (Wildman–Crippen MR) is 76.4 cm³/mol. The van der Waals surface area contributed by atoms with E-state index in [1.165, 1.54) is 11.6 Å². The zero-order chi connectivity index (χ0) is 13.8. The Hall–Kier alpha value is -1.42. The van der Waals surface area contributed by atoms with Gasteiger partial charge in [0.05, 0.1) is 11.1 Å². The van der Waals surface area contributed by atoms with Gasteiger partial charge in [0.25, 0.3) is 0 Å². The van der Waals surface area contributed by atoms with Crippen LogP contribution in [0.15, 0.2) is 42.5 Å². The second-order valence-electron chi connectivity index (χ2n) is 4.34. The van der Waals surface area contributed by atoms with Crippen molar-refractivity contribution < 1.29 is 4.39 Å². The topological polar surface area (TPSA) is 38.0 Å². The second kappa shape index (κ2) is 6.15. The number of benzene rings is 2. The minimum absolute atomic E-state index is 0.104. The molecule has 0 fully saturated rings. The molecule has 0 spiro atoms. The standard InChI is InChI=1S/C15H16ClFN2/c1-2-10-5-3-6-11(9-10)15(19-18)12-7-4-8-13(17)14(12)16/h3-9,15,19H,2,18H2,1H3. The van der Waals surface area contributed by atoms with Gasteiger partial charge in [0.1, 0.15) is 5.82 Å². The molecule has 0 aliphatic rings. The van der Waals surface area contributed by atoms with Gasteiger partial charge in [0.2, 0.25) is 0 Å². The van der Waals surface area contributed by atoms with Gasteiger partial charge in [-0.1, -0.05) is 54.9 Å². The summed E-state index contributed by atoms with van der Waals surface area (Å²) < 4.78 is 13.5. The van der Waals surface area contributed by atoms with Crippen molar-refractivity contribution in [1.82, 2.24) is 5.43 Å². The first kappa shape index (κ1) is 14.0. The molecule has 0 aliphatic heterocycles. The molecule has 2 nitrogen and oxygen atoms in total. The first-order valence-electron chi connectivity index (χ1n) is 6.16. The normalized spacial score (nSPS) is 12.4. The van der Waals surface area contributed by atoms with Crippen LogP contribution in [-0.4, -0.2) is 0 Å². The molecule has 100 valence electrons. The number of hydrogen-bond acceptors (Lipinski definition) is 2. The molecule has 0 aliphatic carbocycles. The quantitative estimate of drug-likeness (QED) is 0.662. The third kappa shape index (κ3) is 2.95. The Morgan fingerprint density at radius 2 is 2.00 bits per heavy atom. The zero-order valence-electron chi connectivity index (χ0n) is 10.7. The average Bonchev–Trinajstić information content (AvgIpc) is 2.44. The maximum atomic E-state index is 13.5. The lowest BCUT2D eigenvalue weighted by atomic mass is 9.97. The summed E-state index contributed by atoms with van der Waals surface area (Å²) in [5, 5.41) is 0.104. The van der Waals surface area contributed by atoms with Gasteiger partial charge in [-0.05, 0) is 29.2 Å². The molecule has 0 saturated heterocycles. The van der Waals surface area contributed by atoms with Gasteiger partial charge >= 0.3 is 0 Å². The fraction of sp³-hybridized carbons (Fsp3) is 0.200. The monoisotopic (exact) mass is 278 g/mol. The van der Waals surface area contributed by atoms with Gasteiger partial charge in [0, 0.05) is 0 Å². The Morgan fingerprint density at radius 3 is 2.68 bits per heavy atom. The molecule has 0 saturated carbocycles. The minimum atomic E-state index is -0.439. The highest BCUT2D eigenvalue weighted by molar-refractivity contribution is 6.31. The first-order valence-corrected chi connectivity index (χ1v) is 6.54. The van der Waals surface area contributed by atoms with Crippen molar-refractivity contribution in [2.24, 2.45) is 5.84 Å². The summed E-state index contributed by atoms with van der Waals surface area (Å²) in [7, 11) is 0. The van der Waals surface area contributed by atoms with Gasteiger partial charge < -0.3 is 0 Å². The van der Waals surface area contributed by atoms with Crippen molar-refractivity contribution in [1.29, 1.82) is 0 Å². The smallest absolute Gasteiger partial charge is 0.142 e. The number of halogens is 2. The van der Waals surface area contributed by atoms with Crippen molar-refractivity contribution in [3.8, 4) is 0 Å². The van der Waals surface area contributed by atoms with Gasteiger partial charge in [-0.15, -0.1) is 0 Å². The Balaban J connectivity index is 2.46. The molecule has 0 amide bonds. The molecule has 1 unspecified atom stereocenters. The molecule has 2 aromatic rings. The van der Waals surface area contributed by atoms with E-state index in [2.05, 4.69) is 12.3 Å². The third-order valence-corrected chi connectivity index (χ3v) is 3.55. The van der Waals surface area contributed by atoms with E-state index in [0.29, 0.717) is 5.56 Å². The molecule has 1 atom stereocenters. The predicted octanol–water partition coefficient (Wildman–Crippen LogP) is 3.59. The van der Waals surface area contributed by atoms with Crippen molar-refractivity contribution in [2.45, 2.75) is 19.4 Å². The van der Waals surface area contributed by atoms with E-state index in [1.54, 1.807) is 12.1 Å². The molecule has 0 aromatic heterocycles. The highest BCUT2D eigenvalue weighted by Crippen LogP contribution is 2.30. The molecule has 0 bridgehead atoms. The number of nitrogens with one attached hydrogen (secondary N) is 1. The Labute approximate surface area is 117 Å². The van der Waals surface area contributed by atoms with Crippen molar-refractivity contribution in [2.75, 3.05) is 0 Å². The minimum Gasteiger partial charge on any atom is -0.271 e. The summed E-state index contributed by atoms with van der Waals surface area (Å²) in [4.78, 5) is 0. The van der Waals surface area contributed by atoms with Crippen LogP contribution in [0.4, 0.5) is 4.39 Å². The van der Waals surface area contributed by atoms with E-state index in [-0.39, 0.29) is 11.1 Å². The number of hydrazine groups is 1. The van der Waals surface area contributed by atoms with Crippen LogP contribution in [0.5, 0.6) is 0 Å². The fourth-order valence-electron chi connectivity index (χ4n) is 2.10. The SMILES string of the molecule is CCc1cccc(C(NN)c2cccc(F)c2Cl)c1. The van der Waals surface area contributed by atoms with Gasteiger partial charge in [-0.3, -0.25) is 5.84 Å². The summed E-state index contributed by atoms with van der Waals surface area (Å²) in [5.41, 5.74) is 5.51. The summed E-state index contributed by atoms with van der Waals surface area (Å²) >= 11 is 6.02. The molecule has 2 rings (SSSR count). The Bertz CT molecular complexity index is 572. The largest absolute Gasteiger partial charge is 0.271 e. The molecular formula is C15H16ClFN2. The highest BCUT2D eigenvalue weighted by atomic mass is 35.5.